The number of amidine groups is 1. The first-order valence-electron chi connectivity index (χ1n) is 8.27. The van der Waals surface area contributed by atoms with Gasteiger partial charge < -0.3 is 10.5 Å². The normalized spacial score (nSPS) is 10.5. The van der Waals surface area contributed by atoms with Crippen molar-refractivity contribution in [2.24, 2.45) is 5.73 Å². The van der Waals surface area contributed by atoms with Gasteiger partial charge in [-0.2, -0.15) is 0 Å². The summed E-state index contributed by atoms with van der Waals surface area (Å²) in [6.07, 6.45) is 11.0. The molecule has 0 atom stereocenters. The zero-order valence-corrected chi connectivity index (χ0v) is 13.4. The maximum absolute atomic E-state index is 7.26. The van der Waals surface area contributed by atoms with Gasteiger partial charge >= 0.3 is 0 Å². The van der Waals surface area contributed by atoms with Crippen molar-refractivity contribution < 1.29 is 4.74 Å². The minimum atomic E-state index is 0.197. The van der Waals surface area contributed by atoms with Gasteiger partial charge in [0.25, 0.3) is 0 Å². The van der Waals surface area contributed by atoms with Crippen LogP contribution in [-0.2, 0) is 6.42 Å². The number of hydrogen-bond acceptors (Lipinski definition) is 2. The molecule has 0 aliphatic heterocycles. The molecule has 3 N–H and O–H groups in total. The second-order valence-electron chi connectivity index (χ2n) is 5.67. The van der Waals surface area contributed by atoms with Crippen molar-refractivity contribution in [3.8, 4) is 5.75 Å². The molecule has 0 unspecified atom stereocenters. The number of unbranched alkanes of at least 4 members (excludes halogenated alkanes) is 7. The highest BCUT2D eigenvalue weighted by Gasteiger charge is 1.98. The van der Waals surface area contributed by atoms with Crippen LogP contribution in [0.25, 0.3) is 0 Å². The van der Waals surface area contributed by atoms with Gasteiger partial charge in [0.2, 0.25) is 0 Å². The Bertz CT molecular complexity index is 387. The largest absolute Gasteiger partial charge is 0.494 e. The third-order valence-electron chi connectivity index (χ3n) is 3.58. The number of rotatable bonds is 12. The molecule has 1 rings (SSSR count). The average molecular weight is 290 g/mol. The van der Waals surface area contributed by atoms with Crippen LogP contribution in [0.2, 0.25) is 0 Å². The Balaban J connectivity index is 2.03. The van der Waals surface area contributed by atoms with Crippen molar-refractivity contribution in [2.75, 3.05) is 6.61 Å². The number of hydrogen-bond donors (Lipinski definition) is 2. The molecule has 0 saturated heterocycles. The molecule has 0 amide bonds. The van der Waals surface area contributed by atoms with E-state index in [2.05, 4.69) is 6.92 Å². The topological polar surface area (TPSA) is 59.1 Å². The van der Waals surface area contributed by atoms with E-state index >= 15 is 0 Å². The third-order valence-corrected chi connectivity index (χ3v) is 3.58. The zero-order chi connectivity index (χ0) is 15.3. The van der Waals surface area contributed by atoms with E-state index in [9.17, 15) is 0 Å². The lowest BCUT2D eigenvalue weighted by atomic mass is 10.1. The van der Waals surface area contributed by atoms with E-state index in [-0.39, 0.29) is 5.84 Å². The minimum absolute atomic E-state index is 0.197. The Labute approximate surface area is 129 Å². The Kier molecular flexibility index (Phi) is 9.34. The smallest absolute Gasteiger partial charge is 0.119 e. The maximum Gasteiger partial charge on any atom is 0.119 e. The molecule has 1 aromatic rings. The number of nitrogens with two attached hydrogens (primary N) is 1. The highest BCUT2D eigenvalue weighted by molar-refractivity contribution is 5.79. The molecule has 0 spiro atoms. The zero-order valence-electron chi connectivity index (χ0n) is 13.4. The second kappa shape index (κ2) is 11.2. The van der Waals surface area contributed by atoms with E-state index in [0.29, 0.717) is 6.42 Å². The average Bonchev–Trinajstić information content (AvgIpc) is 2.47. The lowest BCUT2D eigenvalue weighted by molar-refractivity contribution is 0.304. The van der Waals surface area contributed by atoms with Crippen LogP contribution in [0, 0.1) is 5.41 Å². The first-order valence-corrected chi connectivity index (χ1v) is 8.27. The molecule has 0 aliphatic rings. The van der Waals surface area contributed by atoms with Crippen molar-refractivity contribution in [1.82, 2.24) is 0 Å². The summed E-state index contributed by atoms with van der Waals surface area (Å²) in [5, 5.41) is 7.26. The molecule has 0 heterocycles. The van der Waals surface area contributed by atoms with Crippen molar-refractivity contribution in [3.63, 3.8) is 0 Å². The molecule has 0 bridgehead atoms. The van der Waals surface area contributed by atoms with Gasteiger partial charge in [0.05, 0.1) is 12.4 Å². The van der Waals surface area contributed by atoms with Gasteiger partial charge in [0.15, 0.2) is 0 Å². The molecule has 118 valence electrons. The van der Waals surface area contributed by atoms with Crippen LogP contribution in [0.3, 0.4) is 0 Å². The minimum Gasteiger partial charge on any atom is -0.494 e. The number of ether oxygens (including phenoxy) is 1. The monoisotopic (exact) mass is 290 g/mol. The summed E-state index contributed by atoms with van der Waals surface area (Å²) in [5.74, 6) is 1.10. The van der Waals surface area contributed by atoms with Crippen molar-refractivity contribution in [1.29, 1.82) is 5.41 Å². The Morgan fingerprint density at radius 2 is 1.52 bits per heavy atom. The van der Waals surface area contributed by atoms with Crippen molar-refractivity contribution in [2.45, 2.75) is 64.7 Å². The lowest BCUT2D eigenvalue weighted by Gasteiger charge is -2.07. The summed E-state index contributed by atoms with van der Waals surface area (Å²) in [5.41, 5.74) is 6.44. The summed E-state index contributed by atoms with van der Waals surface area (Å²) in [6, 6.07) is 7.88. The first kappa shape index (κ1) is 17.5. The van der Waals surface area contributed by atoms with Crippen LogP contribution in [0.15, 0.2) is 24.3 Å². The highest BCUT2D eigenvalue weighted by Crippen LogP contribution is 2.14. The molecule has 0 saturated carbocycles. The van der Waals surface area contributed by atoms with Crippen LogP contribution in [0.5, 0.6) is 5.75 Å². The molecule has 0 aromatic heterocycles. The van der Waals surface area contributed by atoms with Crippen molar-refractivity contribution >= 4 is 5.84 Å². The van der Waals surface area contributed by atoms with Gasteiger partial charge in [0, 0.05) is 6.42 Å². The Morgan fingerprint density at radius 1 is 0.952 bits per heavy atom. The predicted molar refractivity (Wildman–Crippen MR) is 90.2 cm³/mol. The van der Waals surface area contributed by atoms with Gasteiger partial charge in [-0.1, -0.05) is 64.0 Å². The molecule has 0 radical (unpaired) electrons. The quantitative estimate of drug-likeness (QED) is 0.333. The first-order chi connectivity index (χ1) is 10.2. The fourth-order valence-electron chi connectivity index (χ4n) is 2.35. The van der Waals surface area contributed by atoms with E-state index in [1.807, 2.05) is 24.3 Å². The number of benzene rings is 1. The molecular weight excluding hydrogens is 260 g/mol. The molecular formula is C18H30N2O. The van der Waals surface area contributed by atoms with E-state index in [1.165, 1.54) is 44.9 Å². The summed E-state index contributed by atoms with van der Waals surface area (Å²) in [7, 11) is 0. The Morgan fingerprint density at radius 3 is 2.10 bits per heavy atom. The standard InChI is InChI=1S/C18H30N2O/c1-2-3-4-5-6-7-8-9-14-21-17-12-10-16(11-13-17)15-18(19)20/h10-13H,2-9,14-15H2,1H3,(H3,19,20). The fourth-order valence-corrected chi connectivity index (χ4v) is 2.35. The van der Waals surface area contributed by atoms with E-state index < -0.39 is 0 Å². The molecule has 21 heavy (non-hydrogen) atoms. The van der Waals surface area contributed by atoms with Crippen LogP contribution in [-0.4, -0.2) is 12.4 Å². The summed E-state index contributed by atoms with van der Waals surface area (Å²) in [4.78, 5) is 0. The van der Waals surface area contributed by atoms with E-state index in [0.717, 1.165) is 24.3 Å². The van der Waals surface area contributed by atoms with Crippen LogP contribution < -0.4 is 10.5 Å². The molecule has 3 heteroatoms. The van der Waals surface area contributed by atoms with Crippen LogP contribution in [0.4, 0.5) is 0 Å². The number of nitrogens with one attached hydrogen (secondary N) is 1. The molecule has 1 aromatic carbocycles. The van der Waals surface area contributed by atoms with Crippen LogP contribution >= 0.6 is 0 Å². The molecule has 3 nitrogen and oxygen atoms in total. The third kappa shape index (κ3) is 9.11. The summed E-state index contributed by atoms with van der Waals surface area (Å²) in [6.45, 7) is 3.05. The summed E-state index contributed by atoms with van der Waals surface area (Å²) >= 11 is 0. The fraction of sp³-hybridized carbons (Fsp3) is 0.611. The van der Waals surface area contributed by atoms with Gasteiger partial charge in [-0.25, -0.2) is 0 Å². The highest BCUT2D eigenvalue weighted by atomic mass is 16.5. The molecule has 0 fully saturated rings. The maximum atomic E-state index is 7.26. The van der Waals surface area contributed by atoms with Crippen molar-refractivity contribution in [3.05, 3.63) is 29.8 Å². The van der Waals surface area contributed by atoms with Gasteiger partial charge in [-0.05, 0) is 24.1 Å². The van der Waals surface area contributed by atoms with Crippen LogP contribution in [0.1, 0.15) is 63.9 Å². The van der Waals surface area contributed by atoms with Gasteiger partial charge in [0.1, 0.15) is 5.75 Å². The lowest BCUT2D eigenvalue weighted by Crippen LogP contribution is -2.12. The Hall–Kier alpha value is -1.51. The molecule has 0 aliphatic carbocycles. The summed E-state index contributed by atoms with van der Waals surface area (Å²) < 4.78 is 5.73. The SMILES string of the molecule is CCCCCCCCCCOc1ccc(CC(=N)N)cc1. The van der Waals surface area contributed by atoms with E-state index in [4.69, 9.17) is 15.9 Å². The van der Waals surface area contributed by atoms with E-state index in [1.54, 1.807) is 0 Å². The second-order valence-corrected chi connectivity index (χ2v) is 5.67. The predicted octanol–water partition coefficient (Wildman–Crippen LogP) is 4.68. The van der Waals surface area contributed by atoms with Gasteiger partial charge in [-0.3, -0.25) is 5.41 Å². The van der Waals surface area contributed by atoms with Gasteiger partial charge in [-0.15, -0.1) is 0 Å².